The van der Waals surface area contributed by atoms with E-state index >= 15 is 0 Å². The van der Waals surface area contributed by atoms with E-state index in [9.17, 15) is 4.79 Å². The lowest BCUT2D eigenvalue weighted by molar-refractivity contribution is 0.0697. The Morgan fingerprint density at radius 2 is 1.75 bits per heavy atom. The van der Waals surface area contributed by atoms with Crippen molar-refractivity contribution >= 4 is 5.97 Å². The van der Waals surface area contributed by atoms with Crippen molar-refractivity contribution < 1.29 is 9.90 Å². The molecule has 1 N–H and O–H groups in total. The molecule has 0 aromatic heterocycles. The van der Waals surface area contributed by atoms with Crippen molar-refractivity contribution in [2.24, 2.45) is 11.8 Å². The minimum Gasteiger partial charge on any atom is -0.478 e. The summed E-state index contributed by atoms with van der Waals surface area (Å²) in [5, 5.41) is 8.79. The molecule has 0 radical (unpaired) electrons. The molecule has 1 fully saturated rings. The topological polar surface area (TPSA) is 37.3 Å². The van der Waals surface area contributed by atoms with Crippen molar-refractivity contribution in [3.63, 3.8) is 0 Å². The van der Waals surface area contributed by atoms with Crippen LogP contribution >= 0.6 is 0 Å². The van der Waals surface area contributed by atoms with Crippen molar-refractivity contribution in [3.8, 4) is 23.7 Å². The molecule has 0 saturated heterocycles. The van der Waals surface area contributed by atoms with E-state index in [1.165, 1.54) is 25.7 Å². The second-order valence-corrected chi connectivity index (χ2v) is 5.36. The predicted molar refractivity (Wildman–Crippen MR) is 79.2 cm³/mol. The van der Waals surface area contributed by atoms with E-state index in [4.69, 9.17) is 5.11 Å². The fourth-order valence-corrected chi connectivity index (χ4v) is 2.34. The molecule has 102 valence electrons. The van der Waals surface area contributed by atoms with Gasteiger partial charge in [0.2, 0.25) is 0 Å². The molecule has 2 nitrogen and oxygen atoms in total. The molecule has 0 spiro atoms. The maximum absolute atomic E-state index is 10.7. The van der Waals surface area contributed by atoms with E-state index in [1.54, 1.807) is 24.3 Å². The average molecular weight is 266 g/mol. The molecule has 2 heteroatoms. The maximum Gasteiger partial charge on any atom is 0.335 e. The molecule has 0 aliphatic heterocycles. The predicted octanol–water partition coefficient (Wildman–Crippen LogP) is 3.57. The van der Waals surface area contributed by atoms with Gasteiger partial charge >= 0.3 is 5.97 Å². The standard InChI is InChI=1S/C18H18O2/c1-14-6-8-15(9-7-14)4-2-3-5-16-10-12-17(13-11-16)18(19)20/h10-15H,6-9H2,1H3,(H,19,20). The summed E-state index contributed by atoms with van der Waals surface area (Å²) in [7, 11) is 0. The van der Waals surface area contributed by atoms with Crippen LogP contribution in [0.25, 0.3) is 0 Å². The largest absolute Gasteiger partial charge is 0.478 e. The summed E-state index contributed by atoms with van der Waals surface area (Å²) >= 11 is 0. The van der Waals surface area contributed by atoms with Crippen LogP contribution in [-0.2, 0) is 0 Å². The molecule has 0 heterocycles. The molecule has 2 rings (SSSR count). The van der Waals surface area contributed by atoms with Gasteiger partial charge in [0.05, 0.1) is 5.56 Å². The fourth-order valence-electron chi connectivity index (χ4n) is 2.34. The Morgan fingerprint density at radius 3 is 2.35 bits per heavy atom. The van der Waals surface area contributed by atoms with Crippen molar-refractivity contribution in [2.45, 2.75) is 32.6 Å². The van der Waals surface area contributed by atoms with Crippen molar-refractivity contribution in [1.82, 2.24) is 0 Å². The average Bonchev–Trinajstić information content (AvgIpc) is 2.46. The zero-order chi connectivity index (χ0) is 14.4. The third kappa shape index (κ3) is 4.18. The van der Waals surface area contributed by atoms with Crippen LogP contribution < -0.4 is 0 Å². The smallest absolute Gasteiger partial charge is 0.335 e. The Balaban J connectivity index is 1.93. The van der Waals surface area contributed by atoms with Crippen LogP contribution in [0.4, 0.5) is 0 Å². The minimum absolute atomic E-state index is 0.276. The highest BCUT2D eigenvalue weighted by atomic mass is 16.4. The lowest BCUT2D eigenvalue weighted by Gasteiger charge is -2.21. The van der Waals surface area contributed by atoms with Gasteiger partial charge in [-0.25, -0.2) is 4.79 Å². The fraction of sp³-hybridized carbons (Fsp3) is 0.389. The van der Waals surface area contributed by atoms with E-state index in [-0.39, 0.29) is 5.56 Å². The molecule has 0 unspecified atom stereocenters. The van der Waals surface area contributed by atoms with Gasteiger partial charge < -0.3 is 5.11 Å². The number of hydrogen-bond donors (Lipinski definition) is 1. The zero-order valence-corrected chi connectivity index (χ0v) is 11.6. The van der Waals surface area contributed by atoms with Gasteiger partial charge in [0.25, 0.3) is 0 Å². The third-order valence-corrected chi connectivity index (χ3v) is 3.69. The summed E-state index contributed by atoms with van der Waals surface area (Å²) in [5.41, 5.74) is 1.07. The highest BCUT2D eigenvalue weighted by Gasteiger charge is 2.15. The summed E-state index contributed by atoms with van der Waals surface area (Å²) in [6.45, 7) is 2.30. The van der Waals surface area contributed by atoms with Crippen LogP contribution in [-0.4, -0.2) is 11.1 Å². The Morgan fingerprint density at radius 1 is 1.10 bits per heavy atom. The highest BCUT2D eigenvalue weighted by molar-refractivity contribution is 5.87. The molecule has 1 aliphatic carbocycles. The lowest BCUT2D eigenvalue weighted by atomic mass is 9.83. The van der Waals surface area contributed by atoms with Crippen molar-refractivity contribution in [2.75, 3.05) is 0 Å². The monoisotopic (exact) mass is 266 g/mol. The number of carboxylic acids is 1. The Bertz CT molecular complexity index is 582. The summed E-state index contributed by atoms with van der Waals surface area (Å²) in [6, 6.07) is 6.53. The molecular weight excluding hydrogens is 248 g/mol. The van der Waals surface area contributed by atoms with Gasteiger partial charge in [0.15, 0.2) is 0 Å². The van der Waals surface area contributed by atoms with Crippen LogP contribution in [0.15, 0.2) is 24.3 Å². The molecule has 1 saturated carbocycles. The second-order valence-electron chi connectivity index (χ2n) is 5.36. The van der Waals surface area contributed by atoms with E-state index in [2.05, 4.69) is 30.6 Å². The van der Waals surface area contributed by atoms with Gasteiger partial charge in [-0.05, 0) is 67.7 Å². The molecule has 1 aromatic carbocycles. The Hall–Kier alpha value is -2.19. The Kier molecular flexibility index (Phi) is 4.85. The first-order valence-electron chi connectivity index (χ1n) is 7.00. The van der Waals surface area contributed by atoms with Gasteiger partial charge in [0, 0.05) is 11.5 Å². The first-order chi connectivity index (χ1) is 9.65. The van der Waals surface area contributed by atoms with Gasteiger partial charge in [-0.2, -0.15) is 0 Å². The van der Waals surface area contributed by atoms with Crippen LogP contribution in [0, 0.1) is 35.5 Å². The van der Waals surface area contributed by atoms with E-state index in [0.29, 0.717) is 5.92 Å². The van der Waals surface area contributed by atoms with Gasteiger partial charge in [-0.3, -0.25) is 0 Å². The van der Waals surface area contributed by atoms with Crippen LogP contribution in [0.5, 0.6) is 0 Å². The van der Waals surface area contributed by atoms with Gasteiger partial charge in [-0.1, -0.05) is 18.8 Å². The van der Waals surface area contributed by atoms with E-state index < -0.39 is 5.97 Å². The summed E-state index contributed by atoms with van der Waals surface area (Å²) in [5.74, 6) is 12.4. The summed E-state index contributed by atoms with van der Waals surface area (Å²) < 4.78 is 0. The number of hydrogen-bond acceptors (Lipinski definition) is 1. The molecule has 0 atom stereocenters. The lowest BCUT2D eigenvalue weighted by Crippen LogP contribution is -2.10. The first-order valence-corrected chi connectivity index (χ1v) is 7.00. The van der Waals surface area contributed by atoms with Gasteiger partial charge in [-0.15, -0.1) is 0 Å². The molecule has 1 aromatic rings. The van der Waals surface area contributed by atoms with Gasteiger partial charge in [0.1, 0.15) is 0 Å². The van der Waals surface area contributed by atoms with E-state index in [1.807, 2.05) is 0 Å². The highest BCUT2D eigenvalue weighted by Crippen LogP contribution is 2.27. The zero-order valence-electron chi connectivity index (χ0n) is 11.6. The molecule has 0 amide bonds. The summed E-state index contributed by atoms with van der Waals surface area (Å²) in [6.07, 6.45) is 4.90. The SMILES string of the molecule is CC1CCC(C#CC#Cc2ccc(C(=O)O)cc2)CC1. The van der Waals surface area contributed by atoms with Crippen molar-refractivity contribution in [3.05, 3.63) is 35.4 Å². The second kappa shape index (κ2) is 6.83. The molecule has 1 aliphatic rings. The molecule has 0 bridgehead atoms. The maximum atomic E-state index is 10.7. The molecular formula is C18H18O2. The van der Waals surface area contributed by atoms with Crippen LogP contribution in [0.1, 0.15) is 48.5 Å². The van der Waals surface area contributed by atoms with Crippen LogP contribution in [0.2, 0.25) is 0 Å². The number of benzene rings is 1. The van der Waals surface area contributed by atoms with Crippen LogP contribution in [0.3, 0.4) is 0 Å². The number of carboxylic acid groups (broad SMARTS) is 1. The first kappa shape index (κ1) is 14.2. The quantitative estimate of drug-likeness (QED) is 0.789. The molecule has 20 heavy (non-hydrogen) atoms. The summed E-state index contributed by atoms with van der Waals surface area (Å²) in [4.78, 5) is 10.7. The number of aromatic carboxylic acids is 1. The third-order valence-electron chi connectivity index (χ3n) is 3.69. The van der Waals surface area contributed by atoms with Crippen molar-refractivity contribution in [1.29, 1.82) is 0 Å². The number of rotatable bonds is 1. The normalized spacial score (nSPS) is 21.1. The van der Waals surface area contributed by atoms with E-state index in [0.717, 1.165) is 11.5 Å². The Labute approximate surface area is 120 Å². The number of carbonyl (C=O) groups is 1. The minimum atomic E-state index is -0.921.